The first-order chi connectivity index (χ1) is 24.8. The predicted octanol–water partition coefficient (Wildman–Crippen LogP) is 11.3. The van der Waals surface area contributed by atoms with E-state index in [1.807, 2.05) is 0 Å². The van der Waals surface area contributed by atoms with Gasteiger partial charge in [0, 0.05) is 50.7 Å². The maximum atomic E-state index is 6.60. The van der Waals surface area contributed by atoms with Crippen molar-refractivity contribution in [2.45, 2.75) is 26.2 Å². The highest BCUT2D eigenvalue weighted by Crippen LogP contribution is 2.49. The van der Waals surface area contributed by atoms with Crippen molar-refractivity contribution in [1.29, 1.82) is 0 Å². The van der Waals surface area contributed by atoms with Crippen molar-refractivity contribution in [2.24, 2.45) is 0 Å². The maximum absolute atomic E-state index is 6.60. The van der Waals surface area contributed by atoms with Crippen LogP contribution in [0.2, 0.25) is 0 Å². The number of furan rings is 1. The van der Waals surface area contributed by atoms with Crippen molar-refractivity contribution < 1.29 is 4.42 Å². The number of anilines is 5. The summed E-state index contributed by atoms with van der Waals surface area (Å²) in [6.07, 6.45) is 3.41. The summed E-state index contributed by atoms with van der Waals surface area (Å²) in [6.45, 7) is 2.22. The summed E-state index contributed by atoms with van der Waals surface area (Å²) in [5, 5.41) is 2.29. The van der Waals surface area contributed by atoms with E-state index >= 15 is 0 Å². The maximum Gasteiger partial charge on any atom is 0.333 e. The molecule has 3 nitrogen and oxygen atoms in total. The zero-order valence-corrected chi connectivity index (χ0v) is 28.0. The third-order valence-corrected chi connectivity index (χ3v) is 10.6. The minimum absolute atomic E-state index is 0.0492. The highest BCUT2D eigenvalue weighted by molar-refractivity contribution is 6.93. The van der Waals surface area contributed by atoms with Crippen molar-refractivity contribution in [1.82, 2.24) is 0 Å². The normalized spacial score (nSPS) is 13.0. The molecule has 2 aliphatic heterocycles. The number of hydrogen-bond acceptors (Lipinski definition) is 3. The summed E-state index contributed by atoms with van der Waals surface area (Å²) in [6, 6.07) is 57.8. The van der Waals surface area contributed by atoms with Crippen LogP contribution in [0.5, 0.6) is 0 Å². The third kappa shape index (κ3) is 4.38. The smallest absolute Gasteiger partial charge is 0.333 e. The first-order valence-electron chi connectivity index (χ1n) is 17.8. The third-order valence-electron chi connectivity index (χ3n) is 10.6. The summed E-state index contributed by atoms with van der Waals surface area (Å²) in [4.78, 5) is 5.07. The standard InChI is InChI=1S/C46H35BN2O/c1-2-3-15-31-26-27-40(37(28-31)32-16-6-4-7-17-32)48-42-24-14-22-36-34-20-10-12-23-41(34)49(33-18-8-5-9-19-33)47(46(36)42)39-29-38-35-21-11-13-25-44(35)50-45(38)30-43(39)48/h4-14,16-30H,2-3,15H2,1H3. The predicted molar refractivity (Wildman–Crippen MR) is 211 cm³/mol. The molecule has 8 aromatic rings. The second-order valence-corrected chi connectivity index (χ2v) is 13.5. The van der Waals surface area contributed by atoms with Crippen molar-refractivity contribution >= 4 is 68.1 Å². The second-order valence-electron chi connectivity index (χ2n) is 13.5. The molecule has 0 unspecified atom stereocenters. The van der Waals surface area contributed by atoms with E-state index in [0.29, 0.717) is 0 Å². The summed E-state index contributed by atoms with van der Waals surface area (Å²) in [5.74, 6) is 0. The van der Waals surface area contributed by atoms with Gasteiger partial charge in [0.2, 0.25) is 0 Å². The second kappa shape index (κ2) is 11.6. The molecule has 2 aliphatic rings. The molecule has 0 saturated heterocycles. The van der Waals surface area contributed by atoms with Gasteiger partial charge in [0.15, 0.2) is 0 Å². The largest absolute Gasteiger partial charge is 0.456 e. The Balaban J connectivity index is 1.32. The average molecular weight is 643 g/mol. The van der Waals surface area contributed by atoms with Crippen LogP contribution in [0.15, 0.2) is 162 Å². The molecule has 1 aromatic heterocycles. The topological polar surface area (TPSA) is 19.6 Å². The zero-order valence-electron chi connectivity index (χ0n) is 28.0. The van der Waals surface area contributed by atoms with Gasteiger partial charge in [-0.05, 0) is 82.9 Å². The van der Waals surface area contributed by atoms with Gasteiger partial charge in [0.25, 0.3) is 0 Å². The Bertz CT molecular complexity index is 2560. The lowest BCUT2D eigenvalue weighted by atomic mass is 9.43. The van der Waals surface area contributed by atoms with Crippen LogP contribution in [-0.2, 0) is 6.42 Å². The van der Waals surface area contributed by atoms with Crippen LogP contribution in [0.3, 0.4) is 0 Å². The Hall–Kier alpha value is -6.00. The van der Waals surface area contributed by atoms with E-state index in [1.54, 1.807) is 0 Å². The van der Waals surface area contributed by atoms with Crippen molar-refractivity contribution in [3.8, 4) is 22.3 Å². The molecule has 0 amide bonds. The number of unbranched alkanes of at least 4 members (excludes halogenated alkanes) is 1. The number of nitrogens with zero attached hydrogens (tertiary/aromatic N) is 2. The Morgan fingerprint density at radius 2 is 1.28 bits per heavy atom. The van der Waals surface area contributed by atoms with Crippen LogP contribution in [-0.4, -0.2) is 6.85 Å². The molecule has 0 radical (unpaired) electrons. The number of rotatable bonds is 6. The van der Waals surface area contributed by atoms with Gasteiger partial charge in [-0.3, -0.25) is 0 Å². The van der Waals surface area contributed by atoms with E-state index in [4.69, 9.17) is 4.42 Å². The minimum atomic E-state index is -0.0492. The monoisotopic (exact) mass is 642 g/mol. The van der Waals surface area contributed by atoms with Crippen molar-refractivity contribution in [3.63, 3.8) is 0 Å². The van der Waals surface area contributed by atoms with Gasteiger partial charge in [-0.2, -0.15) is 0 Å². The number of fused-ring (bicyclic) bond motifs is 7. The van der Waals surface area contributed by atoms with Gasteiger partial charge in [-0.1, -0.05) is 123 Å². The molecular weight excluding hydrogens is 607 g/mol. The van der Waals surface area contributed by atoms with E-state index in [0.717, 1.165) is 34.0 Å². The molecule has 10 rings (SSSR count). The van der Waals surface area contributed by atoms with E-state index < -0.39 is 0 Å². The van der Waals surface area contributed by atoms with E-state index in [2.05, 4.69) is 174 Å². The number of hydrogen-bond donors (Lipinski definition) is 0. The van der Waals surface area contributed by atoms with Gasteiger partial charge >= 0.3 is 6.85 Å². The quantitative estimate of drug-likeness (QED) is 0.168. The fourth-order valence-electron chi connectivity index (χ4n) is 8.36. The molecule has 0 spiro atoms. The van der Waals surface area contributed by atoms with E-state index in [9.17, 15) is 0 Å². The van der Waals surface area contributed by atoms with Crippen LogP contribution < -0.4 is 20.6 Å². The van der Waals surface area contributed by atoms with Gasteiger partial charge in [-0.25, -0.2) is 0 Å². The summed E-state index contributed by atoms with van der Waals surface area (Å²) in [7, 11) is 0. The molecule has 0 fully saturated rings. The molecule has 238 valence electrons. The summed E-state index contributed by atoms with van der Waals surface area (Å²) >= 11 is 0. The molecule has 0 saturated carbocycles. The van der Waals surface area contributed by atoms with Crippen molar-refractivity contribution in [2.75, 3.05) is 9.71 Å². The fourth-order valence-corrected chi connectivity index (χ4v) is 8.36. The number of para-hydroxylation sites is 3. The summed E-state index contributed by atoms with van der Waals surface area (Å²) in [5.41, 5.74) is 16.7. The van der Waals surface area contributed by atoms with Crippen LogP contribution >= 0.6 is 0 Å². The molecule has 0 aliphatic carbocycles. The van der Waals surface area contributed by atoms with E-state index in [-0.39, 0.29) is 6.85 Å². The lowest BCUT2D eigenvalue weighted by molar-refractivity contribution is 0.669. The lowest BCUT2D eigenvalue weighted by Gasteiger charge is -2.46. The molecule has 4 heteroatoms. The Morgan fingerprint density at radius 1 is 0.540 bits per heavy atom. The number of aryl methyl sites for hydroxylation is 1. The molecule has 0 N–H and O–H groups in total. The Morgan fingerprint density at radius 3 is 2.14 bits per heavy atom. The molecule has 0 atom stereocenters. The van der Waals surface area contributed by atoms with E-state index in [1.165, 1.54) is 74.3 Å². The van der Waals surface area contributed by atoms with Crippen LogP contribution in [0.1, 0.15) is 25.3 Å². The van der Waals surface area contributed by atoms with Crippen molar-refractivity contribution in [3.05, 3.63) is 163 Å². The van der Waals surface area contributed by atoms with Gasteiger partial charge < -0.3 is 14.1 Å². The molecular formula is C46H35BN2O. The SMILES string of the molecule is CCCCc1ccc(N2c3cc4oc5ccccc5c4cc3B3c4c(cccc42)-c2ccccc2N3c2ccccc2)c(-c2ccccc2)c1. The van der Waals surface area contributed by atoms with Gasteiger partial charge in [0.1, 0.15) is 11.2 Å². The minimum Gasteiger partial charge on any atom is -0.456 e. The highest BCUT2D eigenvalue weighted by Gasteiger charge is 2.45. The van der Waals surface area contributed by atoms with Crippen LogP contribution in [0.25, 0.3) is 44.2 Å². The zero-order chi connectivity index (χ0) is 33.2. The Labute approximate surface area is 293 Å². The summed E-state index contributed by atoms with van der Waals surface area (Å²) < 4.78 is 6.60. The van der Waals surface area contributed by atoms with Crippen LogP contribution in [0, 0.1) is 0 Å². The first kappa shape index (κ1) is 29.0. The number of benzene rings is 7. The van der Waals surface area contributed by atoms with Gasteiger partial charge in [0.05, 0.1) is 5.69 Å². The molecule has 0 bridgehead atoms. The highest BCUT2D eigenvalue weighted by atomic mass is 16.3. The van der Waals surface area contributed by atoms with Gasteiger partial charge in [-0.15, -0.1) is 0 Å². The lowest BCUT2D eigenvalue weighted by Crippen LogP contribution is -2.61. The molecule has 50 heavy (non-hydrogen) atoms. The van der Waals surface area contributed by atoms with Crippen LogP contribution in [0.4, 0.5) is 28.4 Å². The average Bonchev–Trinajstić information content (AvgIpc) is 3.55. The first-order valence-corrected chi connectivity index (χ1v) is 17.8. The molecule has 7 aromatic carbocycles. The molecule has 3 heterocycles. The fraction of sp³-hybridized carbons (Fsp3) is 0.0870. The Kier molecular flexibility index (Phi) is 6.70.